The number of benzene rings is 2. The maximum atomic E-state index is 14.2. The molecule has 1 aromatic heterocycles. The van der Waals surface area contributed by atoms with Crippen LogP contribution in [-0.4, -0.2) is 22.0 Å². The molecule has 1 amide bonds. The van der Waals surface area contributed by atoms with Crippen molar-refractivity contribution in [3.63, 3.8) is 0 Å². The number of carbonyl (C=O) groups is 1. The summed E-state index contributed by atoms with van der Waals surface area (Å²) in [6, 6.07) is 4.26. The van der Waals surface area contributed by atoms with Gasteiger partial charge in [0.15, 0.2) is 23.2 Å². The van der Waals surface area contributed by atoms with Crippen molar-refractivity contribution in [3.05, 3.63) is 76.2 Å². The smallest absolute Gasteiger partial charge is 0.227 e. The topological polar surface area (TPSA) is 46.3 Å². The number of hydrogen-bond acceptors (Lipinski definition) is 3. The first-order chi connectivity index (χ1) is 14.2. The third kappa shape index (κ3) is 3.55. The number of rotatable bonds is 3. The molecule has 2 heterocycles. The average molecular weight is 422 g/mol. The minimum absolute atomic E-state index is 0.00905. The lowest BCUT2D eigenvalue weighted by Crippen LogP contribution is -2.43. The molecule has 1 atom stereocenters. The molecular weight excluding hydrogens is 407 g/mol. The van der Waals surface area contributed by atoms with E-state index in [1.54, 1.807) is 6.92 Å². The maximum absolute atomic E-state index is 14.2. The highest BCUT2D eigenvalue weighted by Crippen LogP contribution is 2.34. The van der Waals surface area contributed by atoms with Gasteiger partial charge in [0, 0.05) is 24.1 Å². The molecule has 0 saturated heterocycles. The molecule has 4 nitrogen and oxygen atoms in total. The highest BCUT2D eigenvalue weighted by molar-refractivity contribution is 5.80. The van der Waals surface area contributed by atoms with Gasteiger partial charge in [0.05, 0.1) is 24.2 Å². The van der Waals surface area contributed by atoms with Crippen LogP contribution in [0.5, 0.6) is 0 Å². The third-order valence-corrected chi connectivity index (χ3v) is 5.11. The minimum atomic E-state index is -1.60. The molecule has 0 N–H and O–H groups in total. The lowest BCUT2D eigenvalue weighted by atomic mass is 9.96. The normalized spacial score (nSPS) is 15.9. The summed E-state index contributed by atoms with van der Waals surface area (Å²) < 4.78 is 72.7. The van der Waals surface area contributed by atoms with E-state index in [4.69, 9.17) is 4.52 Å². The molecule has 3 aromatic rings. The van der Waals surface area contributed by atoms with E-state index >= 15 is 0 Å². The van der Waals surface area contributed by atoms with Gasteiger partial charge < -0.3 is 9.42 Å². The number of nitrogens with zero attached hydrogens (tertiary/aromatic N) is 2. The number of aromatic nitrogens is 1. The highest BCUT2D eigenvalue weighted by Gasteiger charge is 2.33. The van der Waals surface area contributed by atoms with Gasteiger partial charge in [-0.2, -0.15) is 0 Å². The summed E-state index contributed by atoms with van der Waals surface area (Å²) in [6.45, 7) is 1.79. The first-order valence-corrected chi connectivity index (χ1v) is 9.10. The van der Waals surface area contributed by atoms with Crippen molar-refractivity contribution in [1.29, 1.82) is 0 Å². The standard InChI is InChI=1S/C21H15F5N2O2/c1-10-4-18-14(21(30-27-18)13-3-2-12(22)8-15(13)23)9-28(10)19(29)7-11-5-16(24)20(26)17(25)6-11/h2-3,5-6,8,10H,4,7,9H2,1H3. The van der Waals surface area contributed by atoms with E-state index in [2.05, 4.69) is 5.16 Å². The van der Waals surface area contributed by atoms with Crippen molar-refractivity contribution in [3.8, 4) is 11.3 Å². The van der Waals surface area contributed by atoms with Gasteiger partial charge >= 0.3 is 0 Å². The van der Waals surface area contributed by atoms with Crippen molar-refractivity contribution >= 4 is 5.91 Å². The molecule has 1 unspecified atom stereocenters. The SMILES string of the molecule is CC1Cc2noc(-c3ccc(F)cc3F)c2CN1C(=O)Cc1cc(F)c(F)c(F)c1. The van der Waals surface area contributed by atoms with Crippen LogP contribution >= 0.6 is 0 Å². The largest absolute Gasteiger partial charge is 0.356 e. The summed E-state index contributed by atoms with van der Waals surface area (Å²) in [4.78, 5) is 14.2. The summed E-state index contributed by atoms with van der Waals surface area (Å²) in [5.41, 5.74) is 1.02. The molecule has 156 valence electrons. The fourth-order valence-corrected chi connectivity index (χ4v) is 3.59. The zero-order valence-electron chi connectivity index (χ0n) is 15.7. The van der Waals surface area contributed by atoms with Crippen LogP contribution in [0.4, 0.5) is 22.0 Å². The van der Waals surface area contributed by atoms with Crippen LogP contribution < -0.4 is 0 Å². The zero-order valence-corrected chi connectivity index (χ0v) is 15.7. The summed E-state index contributed by atoms with van der Waals surface area (Å²) in [5, 5.41) is 3.94. The molecule has 1 aliphatic rings. The maximum Gasteiger partial charge on any atom is 0.227 e. The first-order valence-electron chi connectivity index (χ1n) is 9.10. The van der Waals surface area contributed by atoms with Crippen molar-refractivity contribution in [2.75, 3.05) is 0 Å². The zero-order chi connectivity index (χ0) is 21.6. The van der Waals surface area contributed by atoms with Gasteiger partial charge in [-0.15, -0.1) is 0 Å². The molecule has 0 fully saturated rings. The van der Waals surface area contributed by atoms with E-state index < -0.39 is 35.0 Å². The quantitative estimate of drug-likeness (QED) is 0.460. The Kier molecular flexibility index (Phi) is 5.05. The predicted molar refractivity (Wildman–Crippen MR) is 95.6 cm³/mol. The minimum Gasteiger partial charge on any atom is -0.356 e. The van der Waals surface area contributed by atoms with Crippen LogP contribution in [0.15, 0.2) is 34.9 Å². The van der Waals surface area contributed by atoms with Gasteiger partial charge in [-0.3, -0.25) is 4.79 Å². The molecule has 0 radical (unpaired) electrons. The number of hydrogen-bond donors (Lipinski definition) is 0. The van der Waals surface area contributed by atoms with Gasteiger partial charge in [-0.1, -0.05) is 5.16 Å². The van der Waals surface area contributed by atoms with Gasteiger partial charge in [-0.05, 0) is 36.8 Å². The van der Waals surface area contributed by atoms with Crippen LogP contribution in [0.25, 0.3) is 11.3 Å². The lowest BCUT2D eigenvalue weighted by Gasteiger charge is -2.33. The van der Waals surface area contributed by atoms with Crippen molar-refractivity contribution in [1.82, 2.24) is 10.1 Å². The Morgan fingerprint density at radius 3 is 2.47 bits per heavy atom. The number of fused-ring (bicyclic) bond motifs is 1. The fraction of sp³-hybridized carbons (Fsp3) is 0.238. The Hall–Kier alpha value is -3.23. The fourth-order valence-electron chi connectivity index (χ4n) is 3.59. The monoisotopic (exact) mass is 422 g/mol. The summed E-state index contributed by atoms with van der Waals surface area (Å²) >= 11 is 0. The molecule has 0 spiro atoms. The predicted octanol–water partition coefficient (Wildman–Crippen LogP) is 4.55. The van der Waals surface area contributed by atoms with Crippen LogP contribution in [0, 0.1) is 29.1 Å². The van der Waals surface area contributed by atoms with Crippen LogP contribution in [0.3, 0.4) is 0 Å². The second kappa shape index (κ2) is 7.55. The number of carbonyl (C=O) groups excluding carboxylic acids is 1. The number of amides is 1. The van der Waals surface area contributed by atoms with E-state index in [-0.39, 0.29) is 35.9 Å². The number of halogens is 5. The second-order valence-electron chi connectivity index (χ2n) is 7.19. The second-order valence-corrected chi connectivity index (χ2v) is 7.19. The van der Waals surface area contributed by atoms with Crippen molar-refractivity contribution < 1.29 is 31.3 Å². The highest BCUT2D eigenvalue weighted by atomic mass is 19.2. The van der Waals surface area contributed by atoms with E-state index in [1.807, 2.05) is 0 Å². The van der Waals surface area contributed by atoms with Crippen LogP contribution in [0.2, 0.25) is 0 Å². The summed E-state index contributed by atoms with van der Waals surface area (Å²) in [6.07, 6.45) is -0.0289. The van der Waals surface area contributed by atoms with Crippen LogP contribution in [0.1, 0.15) is 23.7 Å². The van der Waals surface area contributed by atoms with Crippen LogP contribution in [-0.2, 0) is 24.2 Å². The molecule has 30 heavy (non-hydrogen) atoms. The van der Waals surface area contributed by atoms with Crippen molar-refractivity contribution in [2.24, 2.45) is 0 Å². The Morgan fingerprint density at radius 2 is 1.80 bits per heavy atom. The lowest BCUT2D eigenvalue weighted by molar-refractivity contribution is -0.133. The van der Waals surface area contributed by atoms with E-state index in [0.717, 1.165) is 24.3 Å². The van der Waals surface area contributed by atoms with E-state index in [0.29, 0.717) is 17.7 Å². The molecule has 4 rings (SSSR count). The van der Waals surface area contributed by atoms with E-state index in [1.165, 1.54) is 11.0 Å². The molecule has 0 bridgehead atoms. The van der Waals surface area contributed by atoms with Gasteiger partial charge in [-0.25, -0.2) is 22.0 Å². The molecule has 2 aromatic carbocycles. The van der Waals surface area contributed by atoms with Gasteiger partial charge in [0.1, 0.15) is 11.6 Å². The molecular formula is C21H15F5N2O2. The molecule has 0 aliphatic carbocycles. The van der Waals surface area contributed by atoms with Gasteiger partial charge in [0.25, 0.3) is 0 Å². The average Bonchev–Trinajstić information content (AvgIpc) is 3.07. The first kappa shape index (κ1) is 20.1. The molecule has 0 saturated carbocycles. The Labute approximate surface area is 167 Å². The van der Waals surface area contributed by atoms with E-state index in [9.17, 15) is 26.7 Å². The Balaban J connectivity index is 1.61. The Morgan fingerprint density at radius 1 is 1.10 bits per heavy atom. The summed E-state index contributed by atoms with van der Waals surface area (Å²) in [7, 11) is 0. The third-order valence-electron chi connectivity index (χ3n) is 5.11. The summed E-state index contributed by atoms with van der Waals surface area (Å²) in [5.74, 6) is -6.29. The molecule has 9 heteroatoms. The van der Waals surface area contributed by atoms with Crippen molar-refractivity contribution in [2.45, 2.75) is 32.4 Å². The Bertz CT molecular complexity index is 1120. The molecule has 1 aliphatic heterocycles. The van der Waals surface area contributed by atoms with Gasteiger partial charge in [0.2, 0.25) is 5.91 Å².